The summed E-state index contributed by atoms with van der Waals surface area (Å²) in [7, 11) is 0. The van der Waals surface area contributed by atoms with Crippen LogP contribution in [0.3, 0.4) is 0 Å². The molecule has 0 fully saturated rings. The van der Waals surface area contributed by atoms with Crippen molar-refractivity contribution in [3.8, 4) is 11.5 Å². The fourth-order valence-corrected chi connectivity index (χ4v) is 2.45. The first-order valence-electron chi connectivity index (χ1n) is 8.49. The molecule has 0 aliphatic carbocycles. The Balaban J connectivity index is 1.79. The second kappa shape index (κ2) is 9.33. The van der Waals surface area contributed by atoms with Gasteiger partial charge in [0.25, 0.3) is 0 Å². The van der Waals surface area contributed by atoms with Gasteiger partial charge in [0.05, 0.1) is 6.10 Å². The van der Waals surface area contributed by atoms with Crippen LogP contribution in [0.25, 0.3) is 0 Å². The van der Waals surface area contributed by atoms with Gasteiger partial charge in [-0.2, -0.15) is 0 Å². The van der Waals surface area contributed by atoms with Gasteiger partial charge in [0, 0.05) is 18.2 Å². The van der Waals surface area contributed by atoms with E-state index < -0.39 is 12.2 Å². The minimum absolute atomic E-state index is 0.0466. The number of carbonyl (C=O) groups excluding carboxylic acids is 1. The quantitative estimate of drug-likeness (QED) is 0.512. The summed E-state index contributed by atoms with van der Waals surface area (Å²) in [5, 5.41) is 32.7. The molecule has 26 heavy (non-hydrogen) atoms. The summed E-state index contributed by atoms with van der Waals surface area (Å²) < 4.78 is 5.52. The first-order chi connectivity index (χ1) is 12.4. The number of hydrogen-bond donors (Lipinski definition) is 4. The molecule has 2 aromatic rings. The van der Waals surface area contributed by atoms with E-state index in [1.807, 2.05) is 0 Å². The Morgan fingerprint density at radius 2 is 1.85 bits per heavy atom. The first-order valence-corrected chi connectivity index (χ1v) is 8.49. The molecule has 0 aromatic heterocycles. The van der Waals surface area contributed by atoms with Gasteiger partial charge in [-0.3, -0.25) is 4.79 Å². The molecule has 0 amide bonds. The van der Waals surface area contributed by atoms with Crippen molar-refractivity contribution in [2.75, 3.05) is 13.2 Å². The minimum Gasteiger partial charge on any atom is -0.508 e. The van der Waals surface area contributed by atoms with Crippen molar-refractivity contribution in [3.05, 3.63) is 59.7 Å². The number of nitrogens with one attached hydrogen (secondary N) is 1. The number of phenols is 1. The fraction of sp³-hybridized carbons (Fsp3) is 0.350. The van der Waals surface area contributed by atoms with Crippen LogP contribution in [0.4, 0.5) is 0 Å². The number of ketones is 1. The van der Waals surface area contributed by atoms with Crippen molar-refractivity contribution >= 4 is 5.78 Å². The molecule has 0 radical (unpaired) electrons. The normalized spacial score (nSPS) is 14.5. The van der Waals surface area contributed by atoms with E-state index in [-0.39, 0.29) is 30.7 Å². The zero-order valence-electron chi connectivity index (χ0n) is 14.9. The number of Topliss-reactive ketones (excluding diaryl/α,β-unsaturated/α-hetero) is 1. The van der Waals surface area contributed by atoms with Crippen LogP contribution in [0.1, 0.15) is 35.9 Å². The molecule has 6 nitrogen and oxygen atoms in total. The molecule has 0 heterocycles. The molecule has 140 valence electrons. The standard InChI is InChI=1S/C20H25NO5/c1-13(20(25)15-6-8-17(23)9-7-15)21-11-18(24)12-26-19-5-3-4-16(10-19)14(2)22/h3-10,13,18,20-21,23-25H,11-12H2,1-2H3/t13-,18+,20+/m0/s1. The lowest BCUT2D eigenvalue weighted by molar-refractivity contribution is 0.0875. The number of carbonyl (C=O) groups is 1. The highest BCUT2D eigenvalue weighted by atomic mass is 16.5. The maximum Gasteiger partial charge on any atom is 0.159 e. The van der Waals surface area contributed by atoms with E-state index in [2.05, 4.69) is 5.32 Å². The van der Waals surface area contributed by atoms with E-state index in [1.54, 1.807) is 43.3 Å². The van der Waals surface area contributed by atoms with Gasteiger partial charge < -0.3 is 25.4 Å². The SMILES string of the molecule is CC(=O)c1cccc(OC[C@H](O)CN[C@@H](C)[C@@H](O)c2ccc(O)cc2)c1. The van der Waals surface area contributed by atoms with Crippen LogP contribution in [0, 0.1) is 0 Å². The minimum atomic E-state index is -0.773. The molecule has 0 saturated heterocycles. The van der Waals surface area contributed by atoms with Crippen molar-refractivity contribution in [1.29, 1.82) is 0 Å². The van der Waals surface area contributed by atoms with Gasteiger partial charge in [-0.15, -0.1) is 0 Å². The number of aliphatic hydroxyl groups is 2. The van der Waals surface area contributed by atoms with Crippen LogP contribution in [0.2, 0.25) is 0 Å². The van der Waals surface area contributed by atoms with E-state index >= 15 is 0 Å². The van der Waals surface area contributed by atoms with Crippen molar-refractivity contribution in [1.82, 2.24) is 5.32 Å². The summed E-state index contributed by atoms with van der Waals surface area (Å²) >= 11 is 0. The summed E-state index contributed by atoms with van der Waals surface area (Å²) in [6.45, 7) is 3.60. The Hall–Kier alpha value is -2.41. The zero-order chi connectivity index (χ0) is 19.1. The van der Waals surface area contributed by atoms with Crippen LogP contribution >= 0.6 is 0 Å². The summed E-state index contributed by atoms with van der Waals surface area (Å²) in [6.07, 6.45) is -1.54. The third-order valence-electron chi connectivity index (χ3n) is 4.07. The van der Waals surface area contributed by atoms with Gasteiger partial charge in [-0.25, -0.2) is 0 Å². The Labute approximate surface area is 153 Å². The molecule has 0 unspecified atom stereocenters. The van der Waals surface area contributed by atoms with Gasteiger partial charge in [0.1, 0.15) is 24.2 Å². The lowest BCUT2D eigenvalue weighted by Gasteiger charge is -2.22. The molecule has 3 atom stereocenters. The van der Waals surface area contributed by atoms with E-state index in [0.29, 0.717) is 16.9 Å². The van der Waals surface area contributed by atoms with Gasteiger partial charge in [-0.1, -0.05) is 24.3 Å². The van der Waals surface area contributed by atoms with E-state index in [0.717, 1.165) is 0 Å². The molecule has 2 rings (SSSR count). The molecule has 0 aliphatic heterocycles. The average molecular weight is 359 g/mol. The monoisotopic (exact) mass is 359 g/mol. The van der Waals surface area contributed by atoms with Crippen molar-refractivity contribution in [2.24, 2.45) is 0 Å². The highest BCUT2D eigenvalue weighted by molar-refractivity contribution is 5.94. The van der Waals surface area contributed by atoms with Crippen LogP contribution < -0.4 is 10.1 Å². The Morgan fingerprint density at radius 3 is 2.50 bits per heavy atom. The van der Waals surface area contributed by atoms with E-state index in [4.69, 9.17) is 4.74 Å². The molecule has 0 aliphatic rings. The number of aromatic hydroxyl groups is 1. The largest absolute Gasteiger partial charge is 0.508 e. The highest BCUT2D eigenvalue weighted by Crippen LogP contribution is 2.19. The molecule has 6 heteroatoms. The maximum atomic E-state index is 11.4. The molecule has 0 spiro atoms. The smallest absolute Gasteiger partial charge is 0.159 e. The van der Waals surface area contributed by atoms with E-state index in [1.165, 1.54) is 19.1 Å². The summed E-state index contributed by atoms with van der Waals surface area (Å²) in [4.78, 5) is 11.4. The second-order valence-corrected chi connectivity index (χ2v) is 6.28. The molecular weight excluding hydrogens is 334 g/mol. The Morgan fingerprint density at radius 1 is 1.15 bits per heavy atom. The number of hydrogen-bond acceptors (Lipinski definition) is 6. The highest BCUT2D eigenvalue weighted by Gasteiger charge is 2.17. The third kappa shape index (κ3) is 5.84. The van der Waals surface area contributed by atoms with Gasteiger partial charge in [0.15, 0.2) is 5.78 Å². The molecule has 0 bridgehead atoms. The molecule has 0 saturated carbocycles. The number of ether oxygens (including phenoxy) is 1. The van der Waals surface area contributed by atoms with Crippen molar-refractivity contribution < 1.29 is 24.9 Å². The number of benzene rings is 2. The predicted octanol–water partition coefficient (Wildman–Crippen LogP) is 2.05. The van der Waals surface area contributed by atoms with Crippen molar-refractivity contribution in [2.45, 2.75) is 32.1 Å². The topological polar surface area (TPSA) is 99.0 Å². The van der Waals surface area contributed by atoms with Crippen LogP contribution in [0.5, 0.6) is 11.5 Å². The second-order valence-electron chi connectivity index (χ2n) is 6.28. The van der Waals surface area contributed by atoms with Gasteiger partial charge in [0.2, 0.25) is 0 Å². The van der Waals surface area contributed by atoms with Crippen molar-refractivity contribution in [3.63, 3.8) is 0 Å². The Kier molecular flexibility index (Phi) is 7.15. The number of rotatable bonds is 9. The van der Waals surface area contributed by atoms with Crippen LogP contribution in [-0.2, 0) is 0 Å². The van der Waals surface area contributed by atoms with Gasteiger partial charge >= 0.3 is 0 Å². The van der Waals surface area contributed by atoms with Crippen LogP contribution in [0.15, 0.2) is 48.5 Å². The summed E-state index contributed by atoms with van der Waals surface area (Å²) in [5.74, 6) is 0.617. The molecular formula is C20H25NO5. The molecule has 4 N–H and O–H groups in total. The lowest BCUT2D eigenvalue weighted by Crippen LogP contribution is -2.39. The number of phenolic OH excluding ortho intramolecular Hbond substituents is 1. The fourth-order valence-electron chi connectivity index (χ4n) is 2.45. The summed E-state index contributed by atoms with van der Waals surface area (Å²) in [6, 6.07) is 12.8. The number of aliphatic hydroxyl groups excluding tert-OH is 2. The Bertz CT molecular complexity index is 716. The summed E-state index contributed by atoms with van der Waals surface area (Å²) in [5.41, 5.74) is 1.23. The van der Waals surface area contributed by atoms with E-state index in [9.17, 15) is 20.1 Å². The first kappa shape index (κ1) is 19.9. The zero-order valence-corrected chi connectivity index (χ0v) is 14.9. The average Bonchev–Trinajstić information content (AvgIpc) is 2.64. The predicted molar refractivity (Wildman–Crippen MR) is 98.5 cm³/mol. The molecule has 2 aromatic carbocycles. The van der Waals surface area contributed by atoms with Gasteiger partial charge in [-0.05, 0) is 43.7 Å². The third-order valence-corrected chi connectivity index (χ3v) is 4.07. The maximum absolute atomic E-state index is 11.4. The lowest BCUT2D eigenvalue weighted by atomic mass is 10.0. The van der Waals surface area contributed by atoms with Crippen LogP contribution in [-0.4, -0.2) is 46.4 Å².